The zero-order chi connectivity index (χ0) is 17.7. The molecule has 7 nitrogen and oxygen atoms in total. The lowest BCUT2D eigenvalue weighted by molar-refractivity contribution is -0.136. The number of hydrogen-bond acceptors (Lipinski definition) is 5. The topological polar surface area (TPSA) is 95.6 Å². The van der Waals surface area contributed by atoms with E-state index < -0.39 is 23.8 Å². The van der Waals surface area contributed by atoms with E-state index in [0.717, 1.165) is 17.7 Å². The van der Waals surface area contributed by atoms with Gasteiger partial charge >= 0.3 is 0 Å². The fourth-order valence-electron chi connectivity index (χ4n) is 3.88. The van der Waals surface area contributed by atoms with Crippen LogP contribution >= 0.6 is 0 Å². The highest BCUT2D eigenvalue weighted by Crippen LogP contribution is 2.35. The molecule has 1 saturated heterocycles. The van der Waals surface area contributed by atoms with Crippen LogP contribution in [-0.2, 0) is 9.59 Å². The molecule has 0 radical (unpaired) electrons. The van der Waals surface area contributed by atoms with Gasteiger partial charge in [0, 0.05) is 18.2 Å². The first-order chi connectivity index (χ1) is 12.0. The van der Waals surface area contributed by atoms with Gasteiger partial charge in [-0.1, -0.05) is 13.0 Å². The second-order valence-electron chi connectivity index (χ2n) is 7.09. The molecule has 0 spiro atoms. The Labute approximate surface area is 144 Å². The van der Waals surface area contributed by atoms with Gasteiger partial charge in [-0.3, -0.25) is 29.4 Å². The highest BCUT2D eigenvalue weighted by atomic mass is 16.2. The number of hydrogen-bond donors (Lipinski definition) is 2. The summed E-state index contributed by atoms with van der Waals surface area (Å²) in [6.07, 6.45) is 2.35. The standard InChI is InChI=1S/C18H19N3O4/c1-9-7-10(8-9)19-12-4-2-3-11-15(12)18(25)21(17(11)24)13-5-6-14(22)20-16(13)23/h2-4,9-10,13,19H,5-8H2,1H3,(H,20,22,23). The van der Waals surface area contributed by atoms with Crippen LogP contribution in [0.2, 0.25) is 0 Å². The summed E-state index contributed by atoms with van der Waals surface area (Å²) in [5.41, 5.74) is 1.28. The van der Waals surface area contributed by atoms with Crippen LogP contribution in [0, 0.1) is 5.92 Å². The predicted octanol–water partition coefficient (Wildman–Crippen LogP) is 1.30. The smallest absolute Gasteiger partial charge is 0.264 e. The van der Waals surface area contributed by atoms with Gasteiger partial charge in [-0.05, 0) is 37.3 Å². The van der Waals surface area contributed by atoms with Gasteiger partial charge in [0.25, 0.3) is 11.8 Å². The van der Waals surface area contributed by atoms with Gasteiger partial charge < -0.3 is 5.32 Å². The van der Waals surface area contributed by atoms with Crippen molar-refractivity contribution in [2.24, 2.45) is 5.92 Å². The molecule has 130 valence electrons. The number of nitrogens with zero attached hydrogens (tertiary/aromatic N) is 1. The van der Waals surface area contributed by atoms with Crippen molar-refractivity contribution in [2.75, 3.05) is 5.32 Å². The predicted molar refractivity (Wildman–Crippen MR) is 88.9 cm³/mol. The van der Waals surface area contributed by atoms with Gasteiger partial charge in [-0.15, -0.1) is 0 Å². The average Bonchev–Trinajstić information content (AvgIpc) is 2.79. The molecule has 2 fully saturated rings. The summed E-state index contributed by atoms with van der Waals surface area (Å²) < 4.78 is 0. The molecule has 25 heavy (non-hydrogen) atoms. The molecular formula is C18H19N3O4. The fraction of sp³-hybridized carbons (Fsp3) is 0.444. The van der Waals surface area contributed by atoms with Crippen molar-refractivity contribution in [3.8, 4) is 0 Å². The van der Waals surface area contributed by atoms with Gasteiger partial charge in [0.05, 0.1) is 11.1 Å². The zero-order valence-corrected chi connectivity index (χ0v) is 13.9. The second-order valence-corrected chi connectivity index (χ2v) is 7.09. The van der Waals surface area contributed by atoms with Crippen molar-refractivity contribution in [1.29, 1.82) is 0 Å². The molecule has 7 heteroatoms. The number of carbonyl (C=O) groups excluding carboxylic acids is 4. The molecule has 2 N–H and O–H groups in total. The number of imide groups is 2. The number of rotatable bonds is 3. The van der Waals surface area contributed by atoms with Gasteiger partial charge in [0.1, 0.15) is 6.04 Å². The Hall–Kier alpha value is -2.70. The Balaban J connectivity index is 1.63. The Bertz CT molecular complexity index is 798. The van der Waals surface area contributed by atoms with E-state index in [9.17, 15) is 19.2 Å². The minimum Gasteiger partial charge on any atom is -0.382 e. The minimum absolute atomic E-state index is 0.120. The maximum absolute atomic E-state index is 12.9. The lowest BCUT2D eigenvalue weighted by Gasteiger charge is -2.34. The summed E-state index contributed by atoms with van der Waals surface area (Å²) >= 11 is 0. The van der Waals surface area contributed by atoms with E-state index in [4.69, 9.17) is 0 Å². The highest BCUT2D eigenvalue weighted by molar-refractivity contribution is 6.25. The zero-order valence-electron chi connectivity index (χ0n) is 13.9. The third-order valence-corrected chi connectivity index (χ3v) is 5.20. The summed E-state index contributed by atoms with van der Waals surface area (Å²) in [6.45, 7) is 2.17. The lowest BCUT2D eigenvalue weighted by Crippen LogP contribution is -2.54. The van der Waals surface area contributed by atoms with E-state index in [0.29, 0.717) is 28.8 Å². The average molecular weight is 341 g/mol. The third kappa shape index (κ3) is 2.50. The molecule has 0 aromatic heterocycles. The summed E-state index contributed by atoms with van der Waals surface area (Å²) in [7, 11) is 0. The molecule has 1 aromatic rings. The molecule has 1 aliphatic carbocycles. The van der Waals surface area contributed by atoms with Crippen LogP contribution in [0.15, 0.2) is 18.2 Å². The first-order valence-electron chi connectivity index (χ1n) is 8.57. The van der Waals surface area contributed by atoms with Crippen molar-refractivity contribution >= 4 is 29.3 Å². The molecule has 1 aromatic carbocycles. The van der Waals surface area contributed by atoms with Crippen LogP contribution in [0.3, 0.4) is 0 Å². The van der Waals surface area contributed by atoms with Crippen LogP contribution in [-0.4, -0.2) is 40.6 Å². The van der Waals surface area contributed by atoms with Gasteiger partial charge in [-0.25, -0.2) is 0 Å². The van der Waals surface area contributed by atoms with Crippen LogP contribution in [0.25, 0.3) is 0 Å². The highest BCUT2D eigenvalue weighted by Gasteiger charge is 2.45. The van der Waals surface area contributed by atoms with Crippen LogP contribution in [0.5, 0.6) is 0 Å². The maximum atomic E-state index is 12.9. The second kappa shape index (κ2) is 5.68. The number of piperidine rings is 1. The van der Waals surface area contributed by atoms with Crippen molar-refractivity contribution in [3.63, 3.8) is 0 Å². The summed E-state index contributed by atoms with van der Waals surface area (Å²) in [6, 6.07) is 4.51. The van der Waals surface area contributed by atoms with E-state index in [-0.39, 0.29) is 18.7 Å². The molecule has 2 heterocycles. The molecular weight excluding hydrogens is 322 g/mol. The van der Waals surface area contributed by atoms with E-state index in [1.807, 2.05) is 0 Å². The summed E-state index contributed by atoms with van der Waals surface area (Å²) in [5, 5.41) is 5.55. The molecule has 0 bridgehead atoms. The number of amides is 4. The number of fused-ring (bicyclic) bond motifs is 1. The number of anilines is 1. The van der Waals surface area contributed by atoms with E-state index in [1.165, 1.54) is 0 Å². The summed E-state index contributed by atoms with van der Waals surface area (Å²) in [5.74, 6) is -1.25. The first kappa shape index (κ1) is 15.8. The first-order valence-corrected chi connectivity index (χ1v) is 8.57. The van der Waals surface area contributed by atoms with Crippen LogP contribution < -0.4 is 10.6 Å². The van der Waals surface area contributed by atoms with Gasteiger partial charge in [0.2, 0.25) is 11.8 Å². The van der Waals surface area contributed by atoms with Crippen molar-refractivity contribution in [1.82, 2.24) is 10.2 Å². The molecule has 1 saturated carbocycles. The number of nitrogens with one attached hydrogen (secondary N) is 2. The van der Waals surface area contributed by atoms with Crippen molar-refractivity contribution in [2.45, 2.75) is 44.7 Å². The Morgan fingerprint density at radius 2 is 1.88 bits per heavy atom. The summed E-state index contributed by atoms with van der Waals surface area (Å²) in [4.78, 5) is 50.0. The molecule has 4 rings (SSSR count). The monoisotopic (exact) mass is 341 g/mol. The largest absolute Gasteiger partial charge is 0.382 e. The number of carbonyl (C=O) groups is 4. The Morgan fingerprint density at radius 1 is 1.12 bits per heavy atom. The van der Waals surface area contributed by atoms with Crippen molar-refractivity contribution in [3.05, 3.63) is 29.3 Å². The SMILES string of the molecule is CC1CC(Nc2cccc3c2C(=O)N(C2CCC(=O)NC2=O)C3=O)C1. The van der Waals surface area contributed by atoms with Crippen molar-refractivity contribution < 1.29 is 19.2 Å². The molecule has 1 unspecified atom stereocenters. The van der Waals surface area contributed by atoms with E-state index >= 15 is 0 Å². The van der Waals surface area contributed by atoms with E-state index in [2.05, 4.69) is 17.6 Å². The maximum Gasteiger partial charge on any atom is 0.264 e. The van der Waals surface area contributed by atoms with Gasteiger partial charge in [-0.2, -0.15) is 0 Å². The van der Waals surface area contributed by atoms with Gasteiger partial charge in [0.15, 0.2) is 0 Å². The fourth-order valence-corrected chi connectivity index (χ4v) is 3.88. The normalized spacial score (nSPS) is 28.5. The lowest BCUT2D eigenvalue weighted by atomic mass is 9.81. The molecule has 4 amide bonds. The number of benzene rings is 1. The molecule has 3 aliphatic rings. The molecule has 1 atom stereocenters. The van der Waals surface area contributed by atoms with E-state index in [1.54, 1.807) is 18.2 Å². The Morgan fingerprint density at radius 3 is 2.56 bits per heavy atom. The Kier molecular flexibility index (Phi) is 3.59. The minimum atomic E-state index is -0.929. The van der Waals surface area contributed by atoms with Crippen LogP contribution in [0.1, 0.15) is 53.3 Å². The third-order valence-electron chi connectivity index (χ3n) is 5.20. The quantitative estimate of drug-likeness (QED) is 0.808. The molecule has 2 aliphatic heterocycles. The van der Waals surface area contributed by atoms with Crippen LogP contribution in [0.4, 0.5) is 5.69 Å².